The van der Waals surface area contributed by atoms with Crippen molar-refractivity contribution in [3.63, 3.8) is 0 Å². The van der Waals surface area contributed by atoms with E-state index in [0.717, 1.165) is 11.1 Å². The minimum Gasteiger partial charge on any atom is -0.431 e. The Bertz CT molecular complexity index is 617. The molecule has 1 aromatic carbocycles. The third-order valence-corrected chi connectivity index (χ3v) is 3.12. The van der Waals surface area contributed by atoms with Gasteiger partial charge in [0, 0.05) is 23.2 Å². The topological polar surface area (TPSA) is 65.3 Å². The first kappa shape index (κ1) is 13.5. The first-order chi connectivity index (χ1) is 9.11. The molecule has 0 amide bonds. The van der Waals surface area contributed by atoms with Crippen molar-refractivity contribution >= 4 is 21.6 Å². The molecule has 0 bridgehead atoms. The highest BCUT2D eigenvalue weighted by atomic mass is 79.9. The zero-order valence-corrected chi connectivity index (χ0v) is 11.8. The molecule has 6 heteroatoms. The van der Waals surface area contributed by atoms with Crippen LogP contribution in [0.1, 0.15) is 11.1 Å². The SMILES string of the molecule is Cc1ccc(Oc2ncccc2CBr)c([N+](=O)[O-])c1. The molecule has 0 spiro atoms. The molecule has 5 nitrogen and oxygen atoms in total. The van der Waals surface area contributed by atoms with Gasteiger partial charge in [-0.1, -0.05) is 28.1 Å². The van der Waals surface area contributed by atoms with Gasteiger partial charge in [0.15, 0.2) is 0 Å². The normalized spacial score (nSPS) is 10.2. The maximum absolute atomic E-state index is 11.0. The molecule has 0 aliphatic rings. The lowest BCUT2D eigenvalue weighted by Gasteiger charge is -2.08. The highest BCUT2D eigenvalue weighted by molar-refractivity contribution is 9.08. The van der Waals surface area contributed by atoms with Gasteiger partial charge in [-0.3, -0.25) is 10.1 Å². The van der Waals surface area contributed by atoms with Gasteiger partial charge in [0.05, 0.1) is 4.92 Å². The van der Waals surface area contributed by atoms with Gasteiger partial charge in [-0.15, -0.1) is 0 Å². The van der Waals surface area contributed by atoms with Crippen molar-refractivity contribution in [1.82, 2.24) is 4.98 Å². The lowest BCUT2D eigenvalue weighted by atomic mass is 10.2. The number of hydrogen-bond donors (Lipinski definition) is 0. The smallest absolute Gasteiger partial charge is 0.311 e. The highest BCUT2D eigenvalue weighted by Crippen LogP contribution is 2.32. The maximum Gasteiger partial charge on any atom is 0.311 e. The molecule has 0 saturated heterocycles. The number of aryl methyl sites for hydroxylation is 1. The molecule has 0 radical (unpaired) electrons. The van der Waals surface area contributed by atoms with Gasteiger partial charge in [0.1, 0.15) is 0 Å². The van der Waals surface area contributed by atoms with Crippen LogP contribution in [0.2, 0.25) is 0 Å². The number of nitro groups is 1. The number of benzene rings is 1. The Morgan fingerprint density at radius 3 is 2.89 bits per heavy atom. The molecule has 0 aliphatic heterocycles. The predicted molar refractivity (Wildman–Crippen MR) is 74.8 cm³/mol. The summed E-state index contributed by atoms with van der Waals surface area (Å²) in [4.78, 5) is 14.6. The minimum absolute atomic E-state index is 0.0637. The van der Waals surface area contributed by atoms with E-state index < -0.39 is 4.92 Å². The first-order valence-corrected chi connectivity index (χ1v) is 6.66. The van der Waals surface area contributed by atoms with Crippen LogP contribution in [0.3, 0.4) is 0 Å². The van der Waals surface area contributed by atoms with E-state index in [2.05, 4.69) is 20.9 Å². The number of rotatable bonds is 4. The zero-order chi connectivity index (χ0) is 13.8. The number of alkyl halides is 1. The first-order valence-electron chi connectivity index (χ1n) is 5.54. The van der Waals surface area contributed by atoms with Crippen molar-refractivity contribution in [2.24, 2.45) is 0 Å². The van der Waals surface area contributed by atoms with Gasteiger partial charge in [-0.25, -0.2) is 4.98 Å². The quantitative estimate of drug-likeness (QED) is 0.485. The fourth-order valence-electron chi connectivity index (χ4n) is 1.58. The Morgan fingerprint density at radius 2 is 2.21 bits per heavy atom. The van der Waals surface area contributed by atoms with E-state index in [9.17, 15) is 10.1 Å². The monoisotopic (exact) mass is 322 g/mol. The fraction of sp³-hybridized carbons (Fsp3) is 0.154. The molecule has 2 rings (SSSR count). The second-order valence-corrected chi connectivity index (χ2v) is 4.49. The van der Waals surface area contributed by atoms with E-state index in [1.807, 2.05) is 6.07 Å². The maximum atomic E-state index is 11.0. The summed E-state index contributed by atoms with van der Waals surface area (Å²) in [5, 5.41) is 11.6. The van der Waals surface area contributed by atoms with Crippen molar-refractivity contribution in [2.45, 2.75) is 12.3 Å². The lowest BCUT2D eigenvalue weighted by molar-refractivity contribution is -0.385. The van der Waals surface area contributed by atoms with Crippen LogP contribution in [0.15, 0.2) is 36.5 Å². The average molecular weight is 323 g/mol. The Kier molecular flexibility index (Phi) is 4.11. The summed E-state index contributed by atoms with van der Waals surface area (Å²) in [7, 11) is 0. The molecule has 1 heterocycles. The molecule has 19 heavy (non-hydrogen) atoms. The lowest BCUT2D eigenvalue weighted by Crippen LogP contribution is -1.97. The van der Waals surface area contributed by atoms with Crippen LogP contribution in [0, 0.1) is 17.0 Å². The van der Waals surface area contributed by atoms with Crippen LogP contribution >= 0.6 is 15.9 Å². The molecule has 0 aliphatic carbocycles. The van der Waals surface area contributed by atoms with Crippen LogP contribution in [0.25, 0.3) is 0 Å². The Labute approximate surface area is 118 Å². The standard InChI is InChI=1S/C13H11BrN2O3/c1-9-4-5-12(11(7-9)16(17)18)19-13-10(8-14)3-2-6-15-13/h2-7H,8H2,1H3. The Morgan fingerprint density at radius 1 is 1.42 bits per heavy atom. The molecule has 2 aromatic rings. The number of hydrogen-bond acceptors (Lipinski definition) is 4. The van der Waals surface area contributed by atoms with E-state index in [4.69, 9.17) is 4.74 Å². The molecular weight excluding hydrogens is 312 g/mol. The summed E-state index contributed by atoms with van der Waals surface area (Å²) in [5.74, 6) is 0.558. The molecule has 0 N–H and O–H groups in total. The number of halogens is 1. The highest BCUT2D eigenvalue weighted by Gasteiger charge is 2.17. The van der Waals surface area contributed by atoms with Gasteiger partial charge in [-0.2, -0.15) is 0 Å². The van der Waals surface area contributed by atoms with E-state index >= 15 is 0 Å². The summed E-state index contributed by atoms with van der Waals surface area (Å²) in [6, 6.07) is 8.45. The predicted octanol–water partition coefficient (Wildman–Crippen LogP) is 3.99. The largest absolute Gasteiger partial charge is 0.431 e. The second kappa shape index (κ2) is 5.79. The minimum atomic E-state index is -0.459. The number of aromatic nitrogens is 1. The average Bonchev–Trinajstić information content (AvgIpc) is 2.41. The van der Waals surface area contributed by atoms with Crippen LogP contribution < -0.4 is 4.74 Å². The van der Waals surface area contributed by atoms with E-state index in [1.165, 1.54) is 6.07 Å². The van der Waals surface area contributed by atoms with Crippen LogP contribution in [0.5, 0.6) is 11.6 Å². The summed E-state index contributed by atoms with van der Waals surface area (Å²) in [6.07, 6.45) is 1.58. The van der Waals surface area contributed by atoms with Crippen molar-refractivity contribution in [2.75, 3.05) is 0 Å². The van der Waals surface area contributed by atoms with Gasteiger partial charge in [0.2, 0.25) is 11.6 Å². The Hall–Kier alpha value is -1.95. The number of pyridine rings is 1. The molecule has 0 unspecified atom stereocenters. The molecule has 1 aromatic heterocycles. The molecule has 98 valence electrons. The van der Waals surface area contributed by atoms with Crippen molar-refractivity contribution < 1.29 is 9.66 Å². The number of nitro benzene ring substituents is 1. The number of nitrogens with zero attached hydrogens (tertiary/aromatic N) is 2. The van der Waals surface area contributed by atoms with Gasteiger partial charge in [0.25, 0.3) is 0 Å². The van der Waals surface area contributed by atoms with Gasteiger partial charge < -0.3 is 4.74 Å². The number of ether oxygens (including phenoxy) is 1. The van der Waals surface area contributed by atoms with Crippen LogP contribution in [0.4, 0.5) is 5.69 Å². The van der Waals surface area contributed by atoms with E-state index in [0.29, 0.717) is 11.2 Å². The zero-order valence-electron chi connectivity index (χ0n) is 10.2. The second-order valence-electron chi connectivity index (χ2n) is 3.93. The molecule has 0 atom stereocenters. The van der Waals surface area contributed by atoms with Crippen LogP contribution in [-0.4, -0.2) is 9.91 Å². The summed E-state index contributed by atoms with van der Waals surface area (Å²) in [5.41, 5.74) is 1.57. The van der Waals surface area contributed by atoms with E-state index in [1.54, 1.807) is 31.3 Å². The third kappa shape index (κ3) is 3.08. The van der Waals surface area contributed by atoms with Gasteiger partial charge >= 0.3 is 5.69 Å². The van der Waals surface area contributed by atoms with E-state index in [-0.39, 0.29) is 11.4 Å². The summed E-state index contributed by atoms with van der Waals surface area (Å²) in [6.45, 7) is 1.79. The molecule has 0 fully saturated rings. The molecular formula is C13H11BrN2O3. The van der Waals surface area contributed by atoms with Gasteiger partial charge in [-0.05, 0) is 24.6 Å². The molecule has 0 saturated carbocycles. The van der Waals surface area contributed by atoms with Crippen molar-refractivity contribution in [3.8, 4) is 11.6 Å². The Balaban J connectivity index is 2.41. The van der Waals surface area contributed by atoms with Crippen molar-refractivity contribution in [1.29, 1.82) is 0 Å². The third-order valence-electron chi connectivity index (χ3n) is 2.51. The summed E-state index contributed by atoms with van der Waals surface area (Å²) < 4.78 is 5.57. The van der Waals surface area contributed by atoms with Crippen LogP contribution in [-0.2, 0) is 5.33 Å². The summed E-state index contributed by atoms with van der Waals surface area (Å²) >= 11 is 3.33. The van der Waals surface area contributed by atoms with Crippen molar-refractivity contribution in [3.05, 3.63) is 57.8 Å². The fourth-order valence-corrected chi connectivity index (χ4v) is 2.01.